The summed E-state index contributed by atoms with van der Waals surface area (Å²) >= 11 is 0. The van der Waals surface area contributed by atoms with Gasteiger partial charge in [-0.1, -0.05) is 0 Å². The van der Waals surface area contributed by atoms with Gasteiger partial charge in [0, 0.05) is 12.4 Å². The highest BCUT2D eigenvalue weighted by Crippen LogP contribution is 2.09. The zero-order valence-electron chi connectivity index (χ0n) is 8.28. The van der Waals surface area contributed by atoms with E-state index in [9.17, 15) is 9.59 Å². The van der Waals surface area contributed by atoms with E-state index in [1.165, 1.54) is 18.6 Å². The van der Waals surface area contributed by atoms with Crippen LogP contribution in [0.2, 0.25) is 0 Å². The number of aromatic nitrogens is 5. The van der Waals surface area contributed by atoms with Crippen LogP contribution in [0.3, 0.4) is 0 Å². The molecule has 9 heteroatoms. The summed E-state index contributed by atoms with van der Waals surface area (Å²) in [5, 5.41) is 20.4. The smallest absolute Gasteiger partial charge is 0.358 e. The van der Waals surface area contributed by atoms with Gasteiger partial charge in [0.25, 0.3) is 5.91 Å². The number of hydrogen-bond acceptors (Lipinski definition) is 6. The van der Waals surface area contributed by atoms with Crippen LogP contribution in [0.25, 0.3) is 0 Å². The van der Waals surface area contributed by atoms with Crippen molar-refractivity contribution < 1.29 is 14.7 Å². The molecule has 1 amide bonds. The minimum Gasteiger partial charge on any atom is -0.476 e. The Morgan fingerprint density at radius 2 is 2.06 bits per heavy atom. The van der Waals surface area contributed by atoms with Gasteiger partial charge in [0.2, 0.25) is 0 Å². The van der Waals surface area contributed by atoms with Crippen molar-refractivity contribution in [1.29, 1.82) is 0 Å². The quantitative estimate of drug-likeness (QED) is 0.654. The van der Waals surface area contributed by atoms with Gasteiger partial charge in [-0.2, -0.15) is 15.4 Å². The van der Waals surface area contributed by atoms with E-state index in [0.717, 1.165) is 0 Å². The third-order valence-electron chi connectivity index (χ3n) is 1.78. The summed E-state index contributed by atoms with van der Waals surface area (Å²) in [7, 11) is 0. The number of hydrogen-bond donors (Lipinski definition) is 3. The SMILES string of the molecule is O=C(Nc1nccnc1C(=O)O)c1cn[nH]n1. The van der Waals surface area contributed by atoms with Gasteiger partial charge in [-0.15, -0.1) is 0 Å². The summed E-state index contributed by atoms with van der Waals surface area (Å²) < 4.78 is 0. The fraction of sp³-hybridized carbons (Fsp3) is 0. The van der Waals surface area contributed by atoms with Crippen LogP contribution in [-0.4, -0.2) is 42.4 Å². The van der Waals surface area contributed by atoms with Gasteiger partial charge < -0.3 is 10.4 Å². The molecule has 3 N–H and O–H groups in total. The minimum atomic E-state index is -1.28. The first-order valence-corrected chi connectivity index (χ1v) is 4.40. The summed E-state index contributed by atoms with van der Waals surface area (Å²) in [5.41, 5.74) is -0.323. The molecular weight excluding hydrogens is 228 g/mol. The Morgan fingerprint density at radius 3 is 2.71 bits per heavy atom. The Kier molecular flexibility index (Phi) is 2.73. The highest BCUT2D eigenvalue weighted by Gasteiger charge is 2.16. The third-order valence-corrected chi connectivity index (χ3v) is 1.78. The number of anilines is 1. The van der Waals surface area contributed by atoms with Crippen LogP contribution in [0.1, 0.15) is 21.0 Å². The predicted octanol–water partition coefficient (Wildman–Crippen LogP) is -0.455. The molecule has 0 saturated carbocycles. The lowest BCUT2D eigenvalue weighted by molar-refractivity contribution is 0.0691. The van der Waals surface area contributed by atoms with E-state index in [0.29, 0.717) is 0 Å². The predicted molar refractivity (Wildman–Crippen MR) is 53.3 cm³/mol. The fourth-order valence-electron chi connectivity index (χ4n) is 1.07. The lowest BCUT2D eigenvalue weighted by Crippen LogP contribution is -2.17. The van der Waals surface area contributed by atoms with Crippen LogP contribution < -0.4 is 5.32 Å². The second-order valence-corrected chi connectivity index (χ2v) is 2.87. The molecule has 2 aromatic heterocycles. The molecule has 0 aliphatic rings. The number of H-pyrrole nitrogens is 1. The molecular formula is C8H6N6O3. The number of aromatic carboxylic acids is 1. The normalized spacial score (nSPS) is 9.88. The molecule has 0 bridgehead atoms. The Morgan fingerprint density at radius 1 is 1.29 bits per heavy atom. The Labute approximate surface area is 93.9 Å². The number of carboxylic acid groups (broad SMARTS) is 1. The first-order valence-electron chi connectivity index (χ1n) is 4.40. The minimum absolute atomic E-state index is 0.0204. The highest BCUT2D eigenvalue weighted by atomic mass is 16.4. The van der Waals surface area contributed by atoms with Crippen LogP contribution in [0.15, 0.2) is 18.6 Å². The Bertz CT molecular complexity index is 552. The molecule has 9 nitrogen and oxygen atoms in total. The molecule has 17 heavy (non-hydrogen) atoms. The van der Waals surface area contributed by atoms with E-state index < -0.39 is 11.9 Å². The largest absolute Gasteiger partial charge is 0.476 e. The Balaban J connectivity index is 2.25. The van der Waals surface area contributed by atoms with E-state index in [1.54, 1.807) is 0 Å². The molecule has 0 unspecified atom stereocenters. The average molecular weight is 234 g/mol. The van der Waals surface area contributed by atoms with Crippen molar-refractivity contribution in [1.82, 2.24) is 25.4 Å². The van der Waals surface area contributed by atoms with Gasteiger partial charge in [0.05, 0.1) is 6.20 Å². The molecule has 0 fully saturated rings. The molecule has 0 aromatic carbocycles. The second-order valence-electron chi connectivity index (χ2n) is 2.87. The lowest BCUT2D eigenvalue weighted by Gasteiger charge is -2.03. The zero-order chi connectivity index (χ0) is 12.3. The van der Waals surface area contributed by atoms with Crippen LogP contribution >= 0.6 is 0 Å². The molecule has 0 aliphatic carbocycles. The number of carboxylic acids is 1. The van der Waals surface area contributed by atoms with Crippen molar-refractivity contribution >= 4 is 17.7 Å². The number of aromatic amines is 1. The van der Waals surface area contributed by atoms with Crippen molar-refractivity contribution in [2.24, 2.45) is 0 Å². The number of amides is 1. The molecule has 86 valence electrons. The lowest BCUT2D eigenvalue weighted by atomic mass is 10.3. The molecule has 0 atom stereocenters. The number of rotatable bonds is 3. The summed E-state index contributed by atoms with van der Waals surface area (Å²) in [6.45, 7) is 0. The molecule has 0 saturated heterocycles. The van der Waals surface area contributed by atoms with Gasteiger partial charge >= 0.3 is 5.97 Å². The van der Waals surface area contributed by atoms with E-state index in [2.05, 4.69) is 30.7 Å². The average Bonchev–Trinajstić information content (AvgIpc) is 2.83. The van der Waals surface area contributed by atoms with E-state index >= 15 is 0 Å². The number of carbonyl (C=O) groups is 2. The maximum absolute atomic E-state index is 11.6. The first-order chi connectivity index (χ1) is 8.18. The summed E-state index contributed by atoms with van der Waals surface area (Å²) in [6.07, 6.45) is 3.69. The Hall–Kier alpha value is -2.84. The van der Waals surface area contributed by atoms with Gasteiger partial charge in [-0.3, -0.25) is 4.79 Å². The van der Waals surface area contributed by atoms with Crippen molar-refractivity contribution in [2.75, 3.05) is 5.32 Å². The topological polar surface area (TPSA) is 134 Å². The highest BCUT2D eigenvalue weighted by molar-refractivity contribution is 6.04. The molecule has 0 spiro atoms. The van der Waals surface area contributed by atoms with Crippen LogP contribution in [0, 0.1) is 0 Å². The standard InChI is InChI=1S/C8H6N6O3/c15-7(4-3-11-14-13-4)12-6-5(8(16)17)9-1-2-10-6/h1-3H,(H,16,17)(H,10,12,15)(H,11,13,14). The van der Waals surface area contributed by atoms with Crippen LogP contribution in [0.5, 0.6) is 0 Å². The maximum atomic E-state index is 11.6. The van der Waals surface area contributed by atoms with Crippen molar-refractivity contribution in [2.45, 2.75) is 0 Å². The maximum Gasteiger partial charge on any atom is 0.358 e. The summed E-state index contributed by atoms with van der Waals surface area (Å²) in [6, 6.07) is 0. The van der Waals surface area contributed by atoms with Gasteiger partial charge in [-0.25, -0.2) is 14.8 Å². The van der Waals surface area contributed by atoms with E-state index in [1.807, 2.05) is 0 Å². The van der Waals surface area contributed by atoms with Crippen LogP contribution in [0.4, 0.5) is 5.82 Å². The van der Waals surface area contributed by atoms with E-state index in [4.69, 9.17) is 5.11 Å². The van der Waals surface area contributed by atoms with Gasteiger partial charge in [-0.05, 0) is 0 Å². The number of nitrogens with one attached hydrogen (secondary N) is 2. The monoisotopic (exact) mass is 234 g/mol. The van der Waals surface area contributed by atoms with Crippen LogP contribution in [-0.2, 0) is 0 Å². The third kappa shape index (κ3) is 2.22. The molecule has 2 aromatic rings. The number of nitrogens with zero attached hydrogens (tertiary/aromatic N) is 4. The second kappa shape index (κ2) is 4.35. The summed E-state index contributed by atoms with van der Waals surface area (Å²) in [5.74, 6) is -2.05. The van der Waals surface area contributed by atoms with Crippen molar-refractivity contribution in [3.05, 3.63) is 30.0 Å². The van der Waals surface area contributed by atoms with Gasteiger partial charge in [0.1, 0.15) is 0 Å². The summed E-state index contributed by atoms with van der Waals surface area (Å²) in [4.78, 5) is 29.7. The fourth-order valence-corrected chi connectivity index (χ4v) is 1.07. The molecule has 0 aliphatic heterocycles. The number of carbonyl (C=O) groups excluding carboxylic acids is 1. The molecule has 0 radical (unpaired) electrons. The zero-order valence-corrected chi connectivity index (χ0v) is 8.28. The van der Waals surface area contributed by atoms with Gasteiger partial charge in [0.15, 0.2) is 17.2 Å². The van der Waals surface area contributed by atoms with E-state index in [-0.39, 0.29) is 17.2 Å². The first kappa shape index (κ1) is 10.7. The molecule has 2 rings (SSSR count). The van der Waals surface area contributed by atoms with Crippen molar-refractivity contribution in [3.63, 3.8) is 0 Å². The van der Waals surface area contributed by atoms with Crippen molar-refractivity contribution in [3.8, 4) is 0 Å². The molecule has 2 heterocycles.